The highest BCUT2D eigenvalue weighted by Gasteiger charge is 2.37. The zero-order valence-electron chi connectivity index (χ0n) is 24.3. The third-order valence-electron chi connectivity index (χ3n) is 6.94. The number of quaternary nitrogens is 1. The van der Waals surface area contributed by atoms with Crippen molar-refractivity contribution in [3.8, 4) is 0 Å². The molecular formula is C26H58NO7SSi-. The Morgan fingerprint density at radius 1 is 0.639 bits per heavy atom. The zero-order chi connectivity index (χ0) is 27.7. The molecule has 0 aliphatic carbocycles. The third-order valence-corrected chi connectivity index (χ3v) is 9.77. The predicted octanol–water partition coefficient (Wildman–Crippen LogP) is 5.08. The fourth-order valence-corrected chi connectivity index (χ4v) is 6.35. The second kappa shape index (κ2) is 25.2. The minimum Gasteiger partial charge on any atom is -0.759 e. The molecule has 0 bridgehead atoms. The first-order valence-electron chi connectivity index (χ1n) is 14.2. The maximum atomic E-state index is 8.52. The molecule has 220 valence electrons. The summed E-state index contributed by atoms with van der Waals surface area (Å²) >= 11 is 0. The van der Waals surface area contributed by atoms with Gasteiger partial charge in [-0.15, -0.1) is 0 Å². The topological polar surface area (TPSA) is 112 Å². The van der Waals surface area contributed by atoms with Crippen LogP contribution < -0.4 is 4.90 Å². The van der Waals surface area contributed by atoms with Crippen LogP contribution >= 0.6 is 0 Å². The van der Waals surface area contributed by atoms with E-state index >= 15 is 0 Å². The third kappa shape index (κ3) is 27.0. The van der Waals surface area contributed by atoms with Gasteiger partial charge in [0.05, 0.1) is 20.1 Å². The number of hydrogen-bond donors (Lipinski definition) is 1. The number of nitrogens with one attached hydrogen (secondary N) is 1. The Morgan fingerprint density at radius 3 is 1.25 bits per heavy atom. The molecule has 1 unspecified atom stereocenters. The molecule has 0 saturated heterocycles. The van der Waals surface area contributed by atoms with E-state index in [1.165, 1.54) is 109 Å². The van der Waals surface area contributed by atoms with E-state index in [1.54, 1.807) is 26.2 Å². The van der Waals surface area contributed by atoms with E-state index in [0.29, 0.717) is 0 Å². The predicted molar refractivity (Wildman–Crippen MR) is 147 cm³/mol. The second-order valence-electron chi connectivity index (χ2n) is 10.1. The second-order valence-corrected chi connectivity index (χ2v) is 14.0. The first-order valence-corrected chi connectivity index (χ1v) is 17.4. The van der Waals surface area contributed by atoms with Gasteiger partial charge in [0.15, 0.2) is 0 Å². The Bertz CT molecular complexity index is 544. The standard InChI is InChI=1S/C26H57NO3Si.H2O4S/c1-7-8-9-10-11-12-13-14-15-16-17-18-19-20-21-23-26(27(2)3)24-22-25-31(28-4,29-5)30-6;1-5(2,3)4/h26H,7-25H2,1-6H3;(H2,1,2,3,4)/p-1. The molecule has 0 spiro atoms. The van der Waals surface area contributed by atoms with E-state index in [0.717, 1.165) is 18.5 Å². The molecule has 0 radical (unpaired) electrons. The van der Waals surface area contributed by atoms with E-state index in [4.69, 9.17) is 30.8 Å². The molecule has 0 amide bonds. The lowest BCUT2D eigenvalue weighted by atomic mass is 10.0. The Labute approximate surface area is 224 Å². The van der Waals surface area contributed by atoms with Gasteiger partial charge in [-0.05, 0) is 25.7 Å². The molecule has 1 atom stereocenters. The van der Waals surface area contributed by atoms with Crippen molar-refractivity contribution in [2.24, 2.45) is 0 Å². The molecule has 36 heavy (non-hydrogen) atoms. The molecule has 8 nitrogen and oxygen atoms in total. The van der Waals surface area contributed by atoms with Crippen LogP contribution in [0.5, 0.6) is 0 Å². The number of unbranched alkanes of at least 4 members (excludes halogenated alkanes) is 14. The van der Waals surface area contributed by atoms with Gasteiger partial charge in [0, 0.05) is 37.8 Å². The molecule has 1 N–H and O–H groups in total. The van der Waals surface area contributed by atoms with Gasteiger partial charge < -0.3 is 27.3 Å². The molecule has 0 aromatic rings. The van der Waals surface area contributed by atoms with Gasteiger partial charge in [-0.1, -0.05) is 96.8 Å². The zero-order valence-corrected chi connectivity index (χ0v) is 26.1. The quantitative estimate of drug-likeness (QED) is 0.0763. The lowest BCUT2D eigenvalue weighted by Crippen LogP contribution is -3.10. The van der Waals surface area contributed by atoms with Gasteiger partial charge in [-0.3, -0.25) is 8.42 Å². The summed E-state index contributed by atoms with van der Waals surface area (Å²) in [4.78, 5) is 1.57. The molecule has 0 aromatic heterocycles. The highest BCUT2D eigenvalue weighted by Crippen LogP contribution is 2.19. The molecule has 0 aliphatic heterocycles. The van der Waals surface area contributed by atoms with E-state index in [1.807, 2.05) is 0 Å². The van der Waals surface area contributed by atoms with E-state index < -0.39 is 19.2 Å². The van der Waals surface area contributed by atoms with Crippen LogP contribution in [-0.4, -0.2) is 67.8 Å². The van der Waals surface area contributed by atoms with Crippen LogP contribution in [0, 0.1) is 0 Å². The Hall–Kier alpha value is -0.0731. The van der Waals surface area contributed by atoms with Crippen molar-refractivity contribution in [3.63, 3.8) is 0 Å². The fourth-order valence-electron chi connectivity index (χ4n) is 4.60. The summed E-state index contributed by atoms with van der Waals surface area (Å²) < 4.78 is 50.8. The molecule has 0 rings (SSSR count). The normalized spacial score (nSPS) is 13.0. The van der Waals surface area contributed by atoms with E-state index in [-0.39, 0.29) is 0 Å². The largest absolute Gasteiger partial charge is 0.759 e. The van der Waals surface area contributed by atoms with Crippen LogP contribution in [0.3, 0.4) is 0 Å². The van der Waals surface area contributed by atoms with Gasteiger partial charge in [0.1, 0.15) is 0 Å². The SMILES string of the molecule is CCCCCCCCCCCCCCCCCC(CCC[Si](OC)(OC)OC)[NH+](C)C.O=S(=O)([O-])[O-]. The van der Waals surface area contributed by atoms with Crippen molar-refractivity contribution < 1.29 is 35.7 Å². The summed E-state index contributed by atoms with van der Waals surface area (Å²) in [5, 5.41) is 0. The summed E-state index contributed by atoms with van der Waals surface area (Å²) in [7, 11) is 2.16. The number of rotatable bonds is 24. The fraction of sp³-hybridized carbons (Fsp3) is 1.00. The van der Waals surface area contributed by atoms with Crippen molar-refractivity contribution in [1.82, 2.24) is 0 Å². The molecule has 0 heterocycles. The molecule has 0 aromatic carbocycles. The highest BCUT2D eigenvalue weighted by atomic mass is 32.3. The first kappa shape index (κ1) is 38.1. The maximum Gasteiger partial charge on any atom is 0.500 e. The Kier molecular flexibility index (Phi) is 26.7. The molecular weight excluding hydrogens is 498 g/mol. The molecule has 0 fully saturated rings. The minimum absolute atomic E-state index is 0.735. The van der Waals surface area contributed by atoms with Gasteiger partial charge in [-0.2, -0.15) is 0 Å². The molecule has 10 heteroatoms. The van der Waals surface area contributed by atoms with Crippen molar-refractivity contribution >= 4 is 19.2 Å². The van der Waals surface area contributed by atoms with Crippen LogP contribution in [0.4, 0.5) is 0 Å². The smallest absolute Gasteiger partial charge is 0.500 e. The van der Waals surface area contributed by atoms with Crippen LogP contribution in [-0.2, 0) is 23.7 Å². The molecule has 0 aliphatic rings. The number of hydrogen-bond acceptors (Lipinski definition) is 7. The van der Waals surface area contributed by atoms with Gasteiger partial charge in [0.25, 0.3) is 0 Å². The van der Waals surface area contributed by atoms with Crippen LogP contribution in [0.1, 0.15) is 122 Å². The van der Waals surface area contributed by atoms with Gasteiger partial charge in [0.2, 0.25) is 0 Å². The highest BCUT2D eigenvalue weighted by molar-refractivity contribution is 7.79. The molecule has 0 saturated carbocycles. The van der Waals surface area contributed by atoms with E-state index in [9.17, 15) is 0 Å². The summed E-state index contributed by atoms with van der Waals surface area (Å²) in [6, 6.07) is 1.65. The lowest BCUT2D eigenvalue weighted by molar-refractivity contribution is -0.886. The minimum atomic E-state index is -5.17. The van der Waals surface area contributed by atoms with Crippen molar-refractivity contribution in [2.45, 2.75) is 135 Å². The van der Waals surface area contributed by atoms with Crippen molar-refractivity contribution in [2.75, 3.05) is 35.4 Å². The van der Waals surface area contributed by atoms with Gasteiger partial charge >= 0.3 is 8.80 Å². The van der Waals surface area contributed by atoms with Crippen LogP contribution in [0.15, 0.2) is 0 Å². The lowest BCUT2D eigenvalue weighted by Gasteiger charge is -2.26. The summed E-state index contributed by atoms with van der Waals surface area (Å²) in [5.41, 5.74) is 0. The van der Waals surface area contributed by atoms with E-state index in [2.05, 4.69) is 21.0 Å². The maximum absolute atomic E-state index is 8.52. The van der Waals surface area contributed by atoms with Crippen LogP contribution in [0.25, 0.3) is 0 Å². The Morgan fingerprint density at radius 2 is 0.944 bits per heavy atom. The average molecular weight is 557 g/mol. The summed E-state index contributed by atoms with van der Waals surface area (Å²) in [5.74, 6) is 0. The first-order chi connectivity index (χ1) is 17.0. The van der Waals surface area contributed by atoms with Crippen molar-refractivity contribution in [3.05, 3.63) is 0 Å². The monoisotopic (exact) mass is 556 g/mol. The Balaban J connectivity index is 0. The summed E-state index contributed by atoms with van der Waals surface area (Å²) in [6.45, 7) is 2.29. The van der Waals surface area contributed by atoms with Crippen molar-refractivity contribution in [1.29, 1.82) is 0 Å². The van der Waals surface area contributed by atoms with Gasteiger partial charge in [-0.25, -0.2) is 0 Å². The average Bonchev–Trinajstić information content (AvgIpc) is 2.82. The summed E-state index contributed by atoms with van der Waals surface area (Å²) in [6.07, 6.45) is 25.2. The van der Waals surface area contributed by atoms with Crippen LogP contribution in [0.2, 0.25) is 6.04 Å².